The molecule has 29 heavy (non-hydrogen) atoms. The molecule has 0 spiro atoms. The molecule has 144 valence electrons. The topological polar surface area (TPSA) is 82.3 Å². The summed E-state index contributed by atoms with van der Waals surface area (Å²) >= 11 is 0. The highest BCUT2D eigenvalue weighted by atomic mass is 16.5. The number of hydrogen-bond acceptors (Lipinski definition) is 4. The highest BCUT2D eigenvalue weighted by Gasteiger charge is 2.11. The molecule has 3 rings (SSSR count). The average molecular weight is 384 g/mol. The fraction of sp³-hybridized carbons (Fsp3) is 0.0833. The number of benzene rings is 3. The van der Waals surface area contributed by atoms with Crippen LogP contribution in [0.5, 0.6) is 11.5 Å². The lowest BCUT2D eigenvalue weighted by molar-refractivity contribution is -0.112. The average Bonchev–Trinajstić information content (AvgIpc) is 2.73. The van der Waals surface area contributed by atoms with Gasteiger partial charge in [-0.15, -0.1) is 0 Å². The van der Waals surface area contributed by atoms with Gasteiger partial charge in [-0.25, -0.2) is 0 Å². The molecule has 0 saturated heterocycles. The number of rotatable bonds is 6. The minimum Gasteiger partial charge on any atom is -0.508 e. The first kappa shape index (κ1) is 19.7. The van der Waals surface area contributed by atoms with E-state index in [2.05, 4.69) is 5.32 Å². The quantitative estimate of drug-likeness (QED) is 0.362. The first-order chi connectivity index (χ1) is 14.0. The fourth-order valence-electron chi connectivity index (χ4n) is 2.74. The van der Waals surface area contributed by atoms with E-state index < -0.39 is 5.91 Å². The number of ether oxygens (including phenoxy) is 1. The van der Waals surface area contributed by atoms with Crippen molar-refractivity contribution >= 4 is 17.7 Å². The maximum Gasteiger partial charge on any atom is 0.266 e. The van der Waals surface area contributed by atoms with Gasteiger partial charge in [-0.1, -0.05) is 48.0 Å². The molecule has 0 atom stereocenters. The number of carbonyl (C=O) groups excluding carboxylic acids is 1. The second kappa shape index (κ2) is 9.25. The number of hydrogen-bond donors (Lipinski definition) is 2. The molecule has 0 saturated carbocycles. The van der Waals surface area contributed by atoms with Gasteiger partial charge in [0, 0.05) is 11.3 Å². The number of nitrogens with zero attached hydrogens (tertiary/aromatic N) is 1. The summed E-state index contributed by atoms with van der Waals surface area (Å²) in [5.74, 6) is 0.143. The van der Waals surface area contributed by atoms with Gasteiger partial charge >= 0.3 is 0 Å². The SMILES string of the molecule is Cc1cccc(COc2ccccc2/C=C(\C#N)C(=O)Nc2ccc(O)cc2)c1. The predicted octanol–water partition coefficient (Wildman–Crippen LogP) is 4.83. The number of para-hydroxylation sites is 1. The maximum atomic E-state index is 12.5. The van der Waals surface area contributed by atoms with E-state index in [1.54, 1.807) is 24.3 Å². The van der Waals surface area contributed by atoms with Crippen molar-refractivity contribution in [2.45, 2.75) is 13.5 Å². The third-order valence-corrected chi connectivity index (χ3v) is 4.19. The van der Waals surface area contributed by atoms with E-state index in [-0.39, 0.29) is 11.3 Å². The fourth-order valence-corrected chi connectivity index (χ4v) is 2.74. The minimum atomic E-state index is -0.535. The molecule has 0 radical (unpaired) electrons. The van der Waals surface area contributed by atoms with E-state index in [1.165, 1.54) is 18.2 Å². The van der Waals surface area contributed by atoms with E-state index in [4.69, 9.17) is 4.74 Å². The van der Waals surface area contributed by atoms with Crippen molar-refractivity contribution in [3.63, 3.8) is 0 Å². The van der Waals surface area contributed by atoms with E-state index in [0.29, 0.717) is 23.6 Å². The highest BCUT2D eigenvalue weighted by molar-refractivity contribution is 6.09. The van der Waals surface area contributed by atoms with Crippen LogP contribution in [0.15, 0.2) is 78.4 Å². The van der Waals surface area contributed by atoms with Crippen molar-refractivity contribution in [2.75, 3.05) is 5.32 Å². The number of nitriles is 1. The zero-order valence-electron chi connectivity index (χ0n) is 15.9. The van der Waals surface area contributed by atoms with Gasteiger partial charge < -0.3 is 15.2 Å². The van der Waals surface area contributed by atoms with Crippen molar-refractivity contribution in [3.8, 4) is 17.6 Å². The summed E-state index contributed by atoms with van der Waals surface area (Å²) < 4.78 is 5.92. The highest BCUT2D eigenvalue weighted by Crippen LogP contribution is 2.23. The molecule has 0 aliphatic heterocycles. The normalized spacial score (nSPS) is 10.8. The van der Waals surface area contributed by atoms with Crippen LogP contribution in [0.4, 0.5) is 5.69 Å². The Hall–Kier alpha value is -4.04. The Bertz CT molecular complexity index is 1080. The molecule has 5 heteroatoms. The number of carbonyl (C=O) groups is 1. The van der Waals surface area contributed by atoms with Crippen LogP contribution in [0.3, 0.4) is 0 Å². The summed E-state index contributed by atoms with van der Waals surface area (Å²) in [7, 11) is 0. The summed E-state index contributed by atoms with van der Waals surface area (Å²) in [6.07, 6.45) is 1.50. The number of nitrogens with one attached hydrogen (secondary N) is 1. The summed E-state index contributed by atoms with van der Waals surface area (Å²) in [5, 5.41) is 21.4. The van der Waals surface area contributed by atoms with Crippen LogP contribution in [0.1, 0.15) is 16.7 Å². The smallest absolute Gasteiger partial charge is 0.266 e. The van der Waals surface area contributed by atoms with Crippen molar-refractivity contribution < 1.29 is 14.6 Å². The monoisotopic (exact) mass is 384 g/mol. The van der Waals surface area contributed by atoms with Crippen molar-refractivity contribution in [2.24, 2.45) is 0 Å². The molecule has 0 unspecified atom stereocenters. The molecule has 0 bridgehead atoms. The molecular formula is C24H20N2O3. The van der Waals surface area contributed by atoms with Crippen molar-refractivity contribution in [1.29, 1.82) is 5.26 Å². The number of phenols is 1. The Labute approximate surface area is 169 Å². The van der Waals surface area contributed by atoms with Crippen molar-refractivity contribution in [1.82, 2.24) is 0 Å². The lowest BCUT2D eigenvalue weighted by Gasteiger charge is -2.10. The maximum absolute atomic E-state index is 12.5. The second-order valence-corrected chi connectivity index (χ2v) is 6.49. The second-order valence-electron chi connectivity index (χ2n) is 6.49. The molecule has 3 aromatic carbocycles. The van der Waals surface area contributed by atoms with Crippen LogP contribution in [-0.4, -0.2) is 11.0 Å². The molecule has 0 fully saturated rings. The Kier molecular flexibility index (Phi) is 6.29. The molecule has 0 heterocycles. The lowest BCUT2D eigenvalue weighted by atomic mass is 10.1. The summed E-state index contributed by atoms with van der Waals surface area (Å²) in [4.78, 5) is 12.5. The Morgan fingerprint density at radius 3 is 2.59 bits per heavy atom. The number of aryl methyl sites for hydroxylation is 1. The largest absolute Gasteiger partial charge is 0.508 e. The lowest BCUT2D eigenvalue weighted by Crippen LogP contribution is -2.13. The van der Waals surface area contributed by atoms with E-state index in [9.17, 15) is 15.2 Å². The van der Waals surface area contributed by atoms with E-state index in [1.807, 2.05) is 49.4 Å². The summed E-state index contributed by atoms with van der Waals surface area (Å²) in [5.41, 5.74) is 3.26. The molecule has 5 nitrogen and oxygen atoms in total. The van der Waals surface area contributed by atoms with Gasteiger partial charge in [-0.05, 0) is 48.9 Å². The zero-order chi connectivity index (χ0) is 20.6. The van der Waals surface area contributed by atoms with E-state index in [0.717, 1.165) is 11.1 Å². The van der Waals surface area contributed by atoms with Crippen LogP contribution < -0.4 is 10.1 Å². The molecule has 0 aliphatic carbocycles. The minimum absolute atomic E-state index is 0.0512. The van der Waals surface area contributed by atoms with Crippen LogP contribution in [0, 0.1) is 18.3 Å². The number of phenolic OH excluding ortho intramolecular Hbond substituents is 1. The third kappa shape index (κ3) is 5.47. The van der Waals surface area contributed by atoms with Gasteiger partial charge in [0.15, 0.2) is 0 Å². The summed E-state index contributed by atoms with van der Waals surface area (Å²) in [6.45, 7) is 2.40. The van der Waals surface area contributed by atoms with Gasteiger partial charge in [0.25, 0.3) is 5.91 Å². The van der Waals surface area contributed by atoms with Crippen LogP contribution in [-0.2, 0) is 11.4 Å². The van der Waals surface area contributed by atoms with Crippen LogP contribution >= 0.6 is 0 Å². The predicted molar refractivity (Wildman–Crippen MR) is 112 cm³/mol. The van der Waals surface area contributed by atoms with Gasteiger partial charge in [0.2, 0.25) is 0 Å². The van der Waals surface area contributed by atoms with Crippen LogP contribution in [0.25, 0.3) is 6.08 Å². The standard InChI is InChI=1S/C24H20N2O3/c1-17-5-4-6-18(13-17)16-29-23-8-3-2-7-19(23)14-20(15-25)24(28)26-21-9-11-22(27)12-10-21/h2-14,27H,16H2,1H3,(H,26,28)/b20-14+. The van der Waals surface area contributed by atoms with Gasteiger partial charge in [0.05, 0.1) is 0 Å². The van der Waals surface area contributed by atoms with Gasteiger partial charge in [0.1, 0.15) is 29.7 Å². The Balaban J connectivity index is 1.77. The first-order valence-electron chi connectivity index (χ1n) is 9.05. The molecule has 2 N–H and O–H groups in total. The van der Waals surface area contributed by atoms with Gasteiger partial charge in [-0.2, -0.15) is 5.26 Å². The Morgan fingerprint density at radius 2 is 1.86 bits per heavy atom. The third-order valence-electron chi connectivity index (χ3n) is 4.19. The molecule has 0 aliphatic rings. The Morgan fingerprint density at radius 1 is 1.10 bits per heavy atom. The molecule has 1 amide bonds. The zero-order valence-corrected chi connectivity index (χ0v) is 15.9. The molecule has 3 aromatic rings. The number of aromatic hydroxyl groups is 1. The van der Waals surface area contributed by atoms with Crippen molar-refractivity contribution in [3.05, 3.63) is 95.1 Å². The molecular weight excluding hydrogens is 364 g/mol. The first-order valence-corrected chi connectivity index (χ1v) is 9.05. The molecule has 0 aromatic heterocycles. The van der Waals surface area contributed by atoms with Gasteiger partial charge in [-0.3, -0.25) is 4.79 Å². The summed E-state index contributed by atoms with van der Waals surface area (Å²) in [6, 6.07) is 23.2. The van der Waals surface area contributed by atoms with E-state index >= 15 is 0 Å². The number of amides is 1. The number of anilines is 1. The van der Waals surface area contributed by atoms with Crippen LogP contribution in [0.2, 0.25) is 0 Å².